The number of aromatic nitrogens is 1. The second kappa shape index (κ2) is 4.99. The van der Waals surface area contributed by atoms with E-state index in [1.54, 1.807) is 0 Å². The molecule has 1 aromatic carbocycles. The Morgan fingerprint density at radius 2 is 2.20 bits per heavy atom. The van der Waals surface area contributed by atoms with E-state index in [9.17, 15) is 0 Å². The first-order valence-corrected chi connectivity index (χ1v) is 5.67. The Kier molecular flexibility index (Phi) is 3.41. The highest BCUT2D eigenvalue weighted by atomic mass is 14.8. The molecule has 2 rings (SSSR count). The van der Waals surface area contributed by atoms with Gasteiger partial charge >= 0.3 is 0 Å². The largest absolute Gasteiger partial charge is 0.361 e. The lowest BCUT2D eigenvalue weighted by molar-refractivity contribution is 0.642. The van der Waals surface area contributed by atoms with Crippen molar-refractivity contribution in [2.75, 3.05) is 6.54 Å². The van der Waals surface area contributed by atoms with E-state index in [0.29, 0.717) is 0 Å². The van der Waals surface area contributed by atoms with E-state index in [-0.39, 0.29) is 0 Å². The van der Waals surface area contributed by atoms with Gasteiger partial charge in [0.15, 0.2) is 0 Å². The van der Waals surface area contributed by atoms with Crippen LogP contribution in [0, 0.1) is 0 Å². The highest BCUT2D eigenvalue weighted by Gasteiger charge is 1.96. The maximum atomic E-state index is 3.45. The zero-order valence-electron chi connectivity index (χ0n) is 9.22. The first kappa shape index (κ1) is 10.2. The zero-order chi connectivity index (χ0) is 10.5. The molecule has 2 aromatic rings. The average Bonchev–Trinajstić information content (AvgIpc) is 2.71. The van der Waals surface area contributed by atoms with Gasteiger partial charge in [-0.05, 0) is 42.1 Å². The van der Waals surface area contributed by atoms with Crippen molar-refractivity contribution in [3.63, 3.8) is 0 Å². The molecule has 0 bridgehead atoms. The summed E-state index contributed by atoms with van der Waals surface area (Å²) in [6.07, 6.45) is 4.50. The third kappa shape index (κ3) is 2.60. The van der Waals surface area contributed by atoms with Crippen LogP contribution in [0.25, 0.3) is 10.9 Å². The van der Waals surface area contributed by atoms with Crippen LogP contribution >= 0.6 is 0 Å². The van der Waals surface area contributed by atoms with Gasteiger partial charge in [-0.3, -0.25) is 0 Å². The summed E-state index contributed by atoms with van der Waals surface area (Å²) in [5.74, 6) is 0. The van der Waals surface area contributed by atoms with E-state index in [4.69, 9.17) is 0 Å². The Labute approximate surface area is 90.7 Å². The minimum atomic E-state index is 0.973. The SMILES string of the molecule is CCCCNCc1ccc2[nH]ccc2c1. The molecule has 0 aliphatic heterocycles. The lowest BCUT2D eigenvalue weighted by atomic mass is 10.1. The number of benzene rings is 1. The van der Waals surface area contributed by atoms with Gasteiger partial charge in [-0.2, -0.15) is 0 Å². The van der Waals surface area contributed by atoms with Crippen molar-refractivity contribution in [1.82, 2.24) is 10.3 Å². The van der Waals surface area contributed by atoms with E-state index in [1.807, 2.05) is 6.20 Å². The highest BCUT2D eigenvalue weighted by molar-refractivity contribution is 5.79. The maximum Gasteiger partial charge on any atom is 0.0454 e. The van der Waals surface area contributed by atoms with Crippen molar-refractivity contribution >= 4 is 10.9 Å². The van der Waals surface area contributed by atoms with Crippen molar-refractivity contribution in [3.8, 4) is 0 Å². The molecule has 0 spiro atoms. The van der Waals surface area contributed by atoms with Gasteiger partial charge in [0.1, 0.15) is 0 Å². The third-order valence-corrected chi connectivity index (χ3v) is 2.65. The second-order valence-electron chi connectivity index (χ2n) is 3.93. The lowest BCUT2D eigenvalue weighted by Gasteiger charge is -2.03. The molecule has 0 saturated carbocycles. The summed E-state index contributed by atoms with van der Waals surface area (Å²) in [6.45, 7) is 4.30. The summed E-state index contributed by atoms with van der Waals surface area (Å²) in [5, 5.41) is 4.75. The molecule has 0 aliphatic carbocycles. The molecular formula is C13H18N2. The number of fused-ring (bicyclic) bond motifs is 1. The fourth-order valence-corrected chi connectivity index (χ4v) is 1.75. The summed E-state index contributed by atoms with van der Waals surface area (Å²) in [5.41, 5.74) is 2.57. The van der Waals surface area contributed by atoms with E-state index in [1.165, 1.54) is 29.3 Å². The summed E-state index contributed by atoms with van der Waals surface area (Å²) in [6, 6.07) is 8.68. The topological polar surface area (TPSA) is 27.8 Å². The van der Waals surface area contributed by atoms with Gasteiger partial charge in [0.25, 0.3) is 0 Å². The normalized spacial score (nSPS) is 11.0. The maximum absolute atomic E-state index is 3.45. The molecule has 2 N–H and O–H groups in total. The minimum absolute atomic E-state index is 0.973. The van der Waals surface area contributed by atoms with Crippen LogP contribution in [0.2, 0.25) is 0 Å². The van der Waals surface area contributed by atoms with Gasteiger partial charge in [0.05, 0.1) is 0 Å². The van der Waals surface area contributed by atoms with E-state index >= 15 is 0 Å². The van der Waals surface area contributed by atoms with Crippen LogP contribution in [-0.2, 0) is 6.54 Å². The fraction of sp³-hybridized carbons (Fsp3) is 0.385. The molecule has 1 aromatic heterocycles. The molecule has 0 atom stereocenters. The molecule has 15 heavy (non-hydrogen) atoms. The standard InChI is InChI=1S/C13H18N2/c1-2-3-7-14-10-11-4-5-13-12(9-11)6-8-15-13/h4-6,8-9,14-15H,2-3,7,10H2,1H3. The van der Waals surface area contributed by atoms with Gasteiger partial charge in [0, 0.05) is 18.3 Å². The monoisotopic (exact) mass is 202 g/mol. The molecule has 0 unspecified atom stereocenters. The number of hydrogen-bond acceptors (Lipinski definition) is 1. The summed E-state index contributed by atoms with van der Waals surface area (Å²) >= 11 is 0. The Hall–Kier alpha value is -1.28. The van der Waals surface area contributed by atoms with Crippen molar-refractivity contribution in [3.05, 3.63) is 36.0 Å². The molecule has 0 fully saturated rings. The Morgan fingerprint density at radius 1 is 1.27 bits per heavy atom. The molecular weight excluding hydrogens is 184 g/mol. The number of H-pyrrole nitrogens is 1. The molecule has 0 aliphatic rings. The lowest BCUT2D eigenvalue weighted by Crippen LogP contribution is -2.14. The molecule has 80 valence electrons. The predicted octanol–water partition coefficient (Wildman–Crippen LogP) is 3.06. The van der Waals surface area contributed by atoms with E-state index in [0.717, 1.165) is 13.1 Å². The third-order valence-electron chi connectivity index (χ3n) is 2.65. The van der Waals surface area contributed by atoms with Crippen LogP contribution < -0.4 is 5.32 Å². The summed E-state index contributed by atoms with van der Waals surface area (Å²) in [4.78, 5) is 3.20. The number of unbranched alkanes of at least 4 members (excludes halogenated alkanes) is 1. The van der Waals surface area contributed by atoms with Crippen LogP contribution in [0.4, 0.5) is 0 Å². The van der Waals surface area contributed by atoms with E-state index in [2.05, 4.69) is 41.5 Å². The minimum Gasteiger partial charge on any atom is -0.361 e. The number of nitrogens with one attached hydrogen (secondary N) is 2. The van der Waals surface area contributed by atoms with Crippen LogP contribution in [0.15, 0.2) is 30.5 Å². The predicted molar refractivity (Wildman–Crippen MR) is 64.9 cm³/mol. The molecule has 0 radical (unpaired) electrons. The molecule has 0 saturated heterocycles. The average molecular weight is 202 g/mol. The fourth-order valence-electron chi connectivity index (χ4n) is 1.75. The van der Waals surface area contributed by atoms with Gasteiger partial charge < -0.3 is 10.3 Å². The highest BCUT2D eigenvalue weighted by Crippen LogP contribution is 2.13. The summed E-state index contributed by atoms with van der Waals surface area (Å²) < 4.78 is 0. The molecule has 0 amide bonds. The van der Waals surface area contributed by atoms with Gasteiger partial charge in [0.2, 0.25) is 0 Å². The Balaban J connectivity index is 1.96. The van der Waals surface area contributed by atoms with Crippen molar-refractivity contribution in [2.45, 2.75) is 26.3 Å². The van der Waals surface area contributed by atoms with Gasteiger partial charge in [-0.15, -0.1) is 0 Å². The van der Waals surface area contributed by atoms with Crippen LogP contribution in [-0.4, -0.2) is 11.5 Å². The van der Waals surface area contributed by atoms with Crippen molar-refractivity contribution in [1.29, 1.82) is 0 Å². The van der Waals surface area contributed by atoms with Crippen molar-refractivity contribution < 1.29 is 0 Å². The van der Waals surface area contributed by atoms with Crippen LogP contribution in [0.5, 0.6) is 0 Å². The first-order chi connectivity index (χ1) is 7.40. The number of hydrogen-bond donors (Lipinski definition) is 2. The molecule has 2 nitrogen and oxygen atoms in total. The van der Waals surface area contributed by atoms with E-state index < -0.39 is 0 Å². The van der Waals surface area contributed by atoms with Crippen LogP contribution in [0.3, 0.4) is 0 Å². The Bertz CT molecular complexity index is 417. The Morgan fingerprint density at radius 3 is 3.07 bits per heavy atom. The number of rotatable bonds is 5. The van der Waals surface area contributed by atoms with Crippen LogP contribution in [0.1, 0.15) is 25.3 Å². The van der Waals surface area contributed by atoms with Gasteiger partial charge in [-0.25, -0.2) is 0 Å². The van der Waals surface area contributed by atoms with Gasteiger partial charge in [-0.1, -0.05) is 19.4 Å². The number of aromatic amines is 1. The quantitative estimate of drug-likeness (QED) is 0.716. The molecule has 1 heterocycles. The zero-order valence-corrected chi connectivity index (χ0v) is 9.22. The van der Waals surface area contributed by atoms with Crippen molar-refractivity contribution in [2.24, 2.45) is 0 Å². The molecule has 2 heteroatoms. The first-order valence-electron chi connectivity index (χ1n) is 5.67. The second-order valence-corrected chi connectivity index (χ2v) is 3.93. The smallest absolute Gasteiger partial charge is 0.0454 e. The summed E-state index contributed by atoms with van der Waals surface area (Å²) in [7, 11) is 0.